The molecule has 0 saturated carbocycles. The third-order valence-electron chi connectivity index (χ3n) is 5.52. The Labute approximate surface area is 176 Å². The second-order valence-corrected chi connectivity index (χ2v) is 7.58. The molecule has 2 heterocycles. The first-order valence-corrected chi connectivity index (χ1v) is 10.4. The van der Waals surface area contributed by atoms with Crippen LogP contribution in [0.1, 0.15) is 18.4 Å². The van der Waals surface area contributed by atoms with Gasteiger partial charge in [-0.1, -0.05) is 42.5 Å². The maximum atomic E-state index is 13.4. The Morgan fingerprint density at radius 1 is 1.00 bits per heavy atom. The van der Waals surface area contributed by atoms with Crippen LogP contribution in [0.3, 0.4) is 0 Å². The van der Waals surface area contributed by atoms with E-state index < -0.39 is 0 Å². The minimum atomic E-state index is -0.289. The highest BCUT2D eigenvalue weighted by Gasteiger charge is 2.25. The van der Waals surface area contributed by atoms with Crippen molar-refractivity contribution in [2.45, 2.75) is 19.3 Å². The largest absolute Gasteiger partial charge is 0.356 e. The van der Waals surface area contributed by atoms with Gasteiger partial charge in [0.15, 0.2) is 5.82 Å². The van der Waals surface area contributed by atoms with Crippen molar-refractivity contribution >= 4 is 11.7 Å². The first-order valence-electron chi connectivity index (χ1n) is 10.4. The van der Waals surface area contributed by atoms with Crippen molar-refractivity contribution < 1.29 is 9.18 Å². The third-order valence-corrected chi connectivity index (χ3v) is 5.52. The predicted octanol–water partition coefficient (Wildman–Crippen LogP) is 3.86. The van der Waals surface area contributed by atoms with Crippen molar-refractivity contribution in [1.82, 2.24) is 15.5 Å². The van der Waals surface area contributed by atoms with Crippen molar-refractivity contribution in [3.8, 4) is 11.3 Å². The zero-order chi connectivity index (χ0) is 20.8. The fourth-order valence-corrected chi connectivity index (χ4v) is 3.79. The molecule has 3 aromatic rings. The Balaban J connectivity index is 1.26. The molecule has 6 heteroatoms. The van der Waals surface area contributed by atoms with Gasteiger partial charge in [0.05, 0.1) is 5.69 Å². The maximum Gasteiger partial charge on any atom is 0.223 e. The summed E-state index contributed by atoms with van der Waals surface area (Å²) in [4.78, 5) is 14.6. The number of aromatic nitrogens is 2. The van der Waals surface area contributed by atoms with Gasteiger partial charge in [-0.15, -0.1) is 10.2 Å². The average molecular weight is 404 g/mol. The summed E-state index contributed by atoms with van der Waals surface area (Å²) < 4.78 is 13.4. The zero-order valence-corrected chi connectivity index (χ0v) is 16.8. The van der Waals surface area contributed by atoms with E-state index in [4.69, 9.17) is 0 Å². The van der Waals surface area contributed by atoms with Gasteiger partial charge in [-0.25, -0.2) is 4.39 Å². The number of halogens is 1. The van der Waals surface area contributed by atoms with Crippen LogP contribution in [0.5, 0.6) is 0 Å². The van der Waals surface area contributed by atoms with E-state index in [9.17, 15) is 9.18 Å². The van der Waals surface area contributed by atoms with E-state index >= 15 is 0 Å². The number of amides is 1. The van der Waals surface area contributed by atoms with Gasteiger partial charge >= 0.3 is 0 Å². The van der Waals surface area contributed by atoms with Crippen molar-refractivity contribution in [2.24, 2.45) is 5.92 Å². The lowest BCUT2D eigenvalue weighted by Crippen LogP contribution is -2.41. The molecule has 0 aliphatic carbocycles. The molecule has 154 valence electrons. The van der Waals surface area contributed by atoms with Crippen molar-refractivity contribution in [1.29, 1.82) is 0 Å². The molecular weight excluding hydrogens is 379 g/mol. The van der Waals surface area contributed by atoms with Gasteiger partial charge in [0.25, 0.3) is 0 Å². The highest BCUT2D eigenvalue weighted by Crippen LogP contribution is 2.23. The van der Waals surface area contributed by atoms with E-state index in [0.29, 0.717) is 17.8 Å². The summed E-state index contributed by atoms with van der Waals surface area (Å²) in [7, 11) is 0. The lowest BCUT2D eigenvalue weighted by Gasteiger charge is -2.31. The number of rotatable bonds is 6. The average Bonchev–Trinajstić information content (AvgIpc) is 2.80. The normalized spacial score (nSPS) is 14.5. The zero-order valence-electron chi connectivity index (χ0n) is 16.8. The molecule has 1 fully saturated rings. The second-order valence-electron chi connectivity index (χ2n) is 7.58. The lowest BCUT2D eigenvalue weighted by atomic mass is 9.96. The molecule has 4 rings (SSSR count). The highest BCUT2D eigenvalue weighted by molar-refractivity contribution is 5.79. The summed E-state index contributed by atoms with van der Waals surface area (Å²) in [5.74, 6) is 0.676. The highest BCUT2D eigenvalue weighted by atomic mass is 19.1. The number of carbonyl (C=O) groups is 1. The predicted molar refractivity (Wildman–Crippen MR) is 116 cm³/mol. The monoisotopic (exact) mass is 404 g/mol. The van der Waals surface area contributed by atoms with Gasteiger partial charge in [0.1, 0.15) is 5.82 Å². The number of nitrogens with zero attached hydrogens (tertiary/aromatic N) is 3. The first kappa shape index (κ1) is 20.0. The molecule has 1 aliphatic rings. The first-order chi connectivity index (χ1) is 14.7. The van der Waals surface area contributed by atoms with Crippen LogP contribution >= 0.6 is 0 Å². The topological polar surface area (TPSA) is 58.1 Å². The maximum absolute atomic E-state index is 13.4. The number of nitrogens with one attached hydrogen (secondary N) is 1. The molecule has 30 heavy (non-hydrogen) atoms. The van der Waals surface area contributed by atoms with E-state index in [0.717, 1.165) is 38.2 Å². The fraction of sp³-hybridized carbons (Fsp3) is 0.292. The molecule has 1 N–H and O–H groups in total. The summed E-state index contributed by atoms with van der Waals surface area (Å²) in [6.07, 6.45) is 2.44. The van der Waals surface area contributed by atoms with Crippen LogP contribution < -0.4 is 10.2 Å². The second kappa shape index (κ2) is 9.48. The molecule has 5 nitrogen and oxygen atoms in total. The molecule has 1 aromatic heterocycles. The number of anilines is 1. The summed E-state index contributed by atoms with van der Waals surface area (Å²) in [6, 6.07) is 20.3. The van der Waals surface area contributed by atoms with Crippen LogP contribution in [0.2, 0.25) is 0 Å². The Morgan fingerprint density at radius 3 is 2.50 bits per heavy atom. The molecule has 0 atom stereocenters. The van der Waals surface area contributed by atoms with Gasteiger partial charge in [0, 0.05) is 31.1 Å². The minimum absolute atomic E-state index is 0.0385. The van der Waals surface area contributed by atoms with E-state index in [1.54, 1.807) is 6.07 Å². The molecule has 0 bridgehead atoms. The van der Waals surface area contributed by atoms with Crippen LogP contribution in [0.15, 0.2) is 66.7 Å². The number of hydrogen-bond donors (Lipinski definition) is 1. The van der Waals surface area contributed by atoms with E-state index in [1.165, 1.54) is 17.7 Å². The van der Waals surface area contributed by atoms with Gasteiger partial charge in [-0.2, -0.15) is 0 Å². The van der Waals surface area contributed by atoms with Crippen molar-refractivity contribution in [2.75, 3.05) is 24.5 Å². The molecule has 1 aliphatic heterocycles. The third kappa shape index (κ3) is 5.00. The smallest absolute Gasteiger partial charge is 0.223 e. The minimum Gasteiger partial charge on any atom is -0.356 e. The van der Waals surface area contributed by atoms with Crippen molar-refractivity contribution in [3.05, 3.63) is 78.1 Å². The molecule has 0 spiro atoms. The summed E-state index contributed by atoms with van der Waals surface area (Å²) in [5.41, 5.74) is 2.58. The summed E-state index contributed by atoms with van der Waals surface area (Å²) >= 11 is 0. The van der Waals surface area contributed by atoms with Crippen LogP contribution in [0.25, 0.3) is 11.3 Å². The standard InChI is InChI=1S/C24H25FN4O/c25-21-8-4-7-20(17-21)22-9-10-23(28-27-22)29-15-12-19(13-16-29)24(30)26-14-11-18-5-2-1-3-6-18/h1-10,17,19H,11-16H2,(H,26,30). The van der Waals surface area contributed by atoms with Crippen LogP contribution in [0, 0.1) is 11.7 Å². The van der Waals surface area contributed by atoms with E-state index in [2.05, 4.69) is 32.5 Å². The van der Waals surface area contributed by atoms with Gasteiger partial charge < -0.3 is 10.2 Å². The van der Waals surface area contributed by atoms with Gasteiger partial charge in [-0.05, 0) is 49.1 Å². The SMILES string of the molecule is O=C(NCCc1ccccc1)C1CCN(c2ccc(-c3cccc(F)c3)nn2)CC1. The molecular formula is C24H25FN4O. The van der Waals surface area contributed by atoms with Gasteiger partial charge in [-0.3, -0.25) is 4.79 Å². The number of piperidine rings is 1. The lowest BCUT2D eigenvalue weighted by molar-refractivity contribution is -0.125. The Morgan fingerprint density at radius 2 is 1.80 bits per heavy atom. The number of carbonyl (C=O) groups excluding carboxylic acids is 1. The molecule has 2 aromatic carbocycles. The van der Waals surface area contributed by atoms with Crippen LogP contribution in [-0.4, -0.2) is 35.7 Å². The quantitative estimate of drug-likeness (QED) is 0.678. The summed E-state index contributed by atoms with van der Waals surface area (Å²) in [6.45, 7) is 2.20. The molecule has 1 saturated heterocycles. The van der Waals surface area contributed by atoms with E-state index in [1.807, 2.05) is 36.4 Å². The number of benzene rings is 2. The molecule has 0 unspecified atom stereocenters. The van der Waals surface area contributed by atoms with E-state index in [-0.39, 0.29) is 17.6 Å². The van der Waals surface area contributed by atoms with Gasteiger partial charge in [0.2, 0.25) is 5.91 Å². The molecule has 0 radical (unpaired) electrons. The van der Waals surface area contributed by atoms with Crippen LogP contribution in [-0.2, 0) is 11.2 Å². The van der Waals surface area contributed by atoms with Crippen LogP contribution in [0.4, 0.5) is 10.2 Å². The molecule has 1 amide bonds. The fourth-order valence-electron chi connectivity index (χ4n) is 3.79. The number of hydrogen-bond acceptors (Lipinski definition) is 4. The van der Waals surface area contributed by atoms with Crippen molar-refractivity contribution in [3.63, 3.8) is 0 Å². The Kier molecular flexibility index (Phi) is 6.32. The Hall–Kier alpha value is -3.28. The summed E-state index contributed by atoms with van der Waals surface area (Å²) in [5, 5.41) is 11.6. The Bertz CT molecular complexity index is 970.